The second-order valence-corrected chi connectivity index (χ2v) is 5.24. The Morgan fingerprint density at radius 2 is 1.76 bits per heavy atom. The molecule has 0 bridgehead atoms. The van der Waals surface area contributed by atoms with Crippen molar-refractivity contribution in [1.29, 1.82) is 0 Å². The summed E-state index contributed by atoms with van der Waals surface area (Å²) in [7, 11) is 0. The van der Waals surface area contributed by atoms with Crippen LogP contribution in [0.15, 0.2) is 0 Å². The van der Waals surface area contributed by atoms with Gasteiger partial charge in [-0.05, 0) is 25.7 Å². The molecule has 3 heteroatoms. The van der Waals surface area contributed by atoms with Crippen molar-refractivity contribution in [3.63, 3.8) is 0 Å². The largest absolute Gasteiger partial charge is 0.480 e. The lowest BCUT2D eigenvalue weighted by Gasteiger charge is -2.35. The van der Waals surface area contributed by atoms with Gasteiger partial charge in [0.15, 0.2) is 0 Å². The van der Waals surface area contributed by atoms with Crippen LogP contribution in [0.4, 0.5) is 0 Å². The van der Waals surface area contributed by atoms with E-state index in [4.69, 9.17) is 5.11 Å². The van der Waals surface area contributed by atoms with E-state index in [2.05, 4.69) is 18.7 Å². The van der Waals surface area contributed by atoms with Crippen LogP contribution in [0.3, 0.4) is 0 Å². The number of nitrogens with zero attached hydrogens (tertiary/aromatic N) is 1. The van der Waals surface area contributed by atoms with E-state index in [0.717, 1.165) is 25.7 Å². The highest BCUT2D eigenvalue weighted by Gasteiger charge is 2.29. The Labute approximate surface area is 105 Å². The minimum atomic E-state index is -0.672. The first kappa shape index (κ1) is 14.5. The van der Waals surface area contributed by atoms with E-state index in [9.17, 15) is 4.79 Å². The van der Waals surface area contributed by atoms with Crippen molar-refractivity contribution in [3.8, 4) is 0 Å². The summed E-state index contributed by atoms with van der Waals surface area (Å²) in [6.07, 6.45) is 9.49. The van der Waals surface area contributed by atoms with Gasteiger partial charge in [-0.3, -0.25) is 9.69 Å². The molecule has 1 aliphatic rings. The molecule has 0 aromatic rings. The number of aliphatic carboxylic acids is 1. The van der Waals surface area contributed by atoms with Crippen LogP contribution >= 0.6 is 0 Å². The highest BCUT2D eigenvalue weighted by atomic mass is 16.4. The Hall–Kier alpha value is -0.570. The Bertz CT molecular complexity index is 218. The molecule has 0 aromatic carbocycles. The molecule has 0 radical (unpaired) electrons. The van der Waals surface area contributed by atoms with Crippen molar-refractivity contribution in [1.82, 2.24) is 4.90 Å². The lowest BCUT2D eigenvalue weighted by atomic mass is 10.0. The van der Waals surface area contributed by atoms with Gasteiger partial charge < -0.3 is 5.11 Å². The van der Waals surface area contributed by atoms with Crippen molar-refractivity contribution in [2.75, 3.05) is 6.54 Å². The number of carboxylic acids is 1. The first-order valence-corrected chi connectivity index (χ1v) is 7.16. The van der Waals surface area contributed by atoms with Gasteiger partial charge >= 0.3 is 5.97 Å². The molecule has 0 heterocycles. The summed E-state index contributed by atoms with van der Waals surface area (Å²) >= 11 is 0. The van der Waals surface area contributed by atoms with Crippen LogP contribution in [-0.4, -0.2) is 34.6 Å². The van der Waals surface area contributed by atoms with Gasteiger partial charge in [0.05, 0.1) is 6.54 Å². The van der Waals surface area contributed by atoms with Gasteiger partial charge in [0.1, 0.15) is 0 Å². The van der Waals surface area contributed by atoms with E-state index in [0.29, 0.717) is 12.1 Å². The standard InChI is InChI=1S/C14H27NO2/c1-3-7-12(8-4-2)15(11-14(16)17)13-9-5-6-10-13/h12-13H,3-11H2,1-2H3,(H,16,17). The number of hydrogen-bond donors (Lipinski definition) is 1. The van der Waals surface area contributed by atoms with Crippen LogP contribution in [0.5, 0.6) is 0 Å². The van der Waals surface area contributed by atoms with Gasteiger partial charge in [-0.2, -0.15) is 0 Å². The second-order valence-electron chi connectivity index (χ2n) is 5.24. The molecule has 1 aliphatic carbocycles. The zero-order valence-electron chi connectivity index (χ0n) is 11.3. The van der Waals surface area contributed by atoms with Crippen LogP contribution in [0.25, 0.3) is 0 Å². The van der Waals surface area contributed by atoms with Gasteiger partial charge in [-0.15, -0.1) is 0 Å². The molecular formula is C14H27NO2. The van der Waals surface area contributed by atoms with Crippen LogP contribution in [0, 0.1) is 0 Å². The van der Waals surface area contributed by atoms with Crippen LogP contribution in [-0.2, 0) is 4.79 Å². The van der Waals surface area contributed by atoms with Crippen LogP contribution < -0.4 is 0 Å². The summed E-state index contributed by atoms with van der Waals surface area (Å²) < 4.78 is 0. The van der Waals surface area contributed by atoms with E-state index < -0.39 is 5.97 Å². The molecule has 1 fully saturated rings. The first-order chi connectivity index (χ1) is 8.19. The molecule has 17 heavy (non-hydrogen) atoms. The summed E-state index contributed by atoms with van der Waals surface area (Å²) in [5.74, 6) is -0.672. The molecule has 0 saturated heterocycles. The maximum Gasteiger partial charge on any atom is 0.317 e. The van der Waals surface area contributed by atoms with E-state index in [1.165, 1.54) is 25.7 Å². The fraction of sp³-hybridized carbons (Fsp3) is 0.929. The fourth-order valence-electron chi connectivity index (χ4n) is 3.09. The van der Waals surface area contributed by atoms with Gasteiger partial charge in [-0.25, -0.2) is 0 Å². The third-order valence-electron chi connectivity index (χ3n) is 3.82. The maximum atomic E-state index is 11.0. The third kappa shape index (κ3) is 4.66. The minimum absolute atomic E-state index is 0.231. The van der Waals surface area contributed by atoms with Crippen molar-refractivity contribution >= 4 is 5.97 Å². The van der Waals surface area contributed by atoms with Gasteiger partial charge in [-0.1, -0.05) is 39.5 Å². The Balaban J connectivity index is 2.65. The normalized spacial score (nSPS) is 17.2. The molecule has 1 rings (SSSR count). The molecule has 0 aromatic heterocycles. The lowest BCUT2D eigenvalue weighted by Crippen LogP contribution is -2.45. The molecule has 0 amide bonds. The Kier molecular flexibility index (Phi) is 6.56. The van der Waals surface area contributed by atoms with Crippen LogP contribution in [0.1, 0.15) is 65.2 Å². The van der Waals surface area contributed by atoms with Gasteiger partial charge in [0.25, 0.3) is 0 Å². The highest BCUT2D eigenvalue weighted by molar-refractivity contribution is 5.69. The molecule has 0 unspecified atom stereocenters. The summed E-state index contributed by atoms with van der Waals surface area (Å²) in [5, 5.41) is 9.09. The second kappa shape index (κ2) is 7.70. The van der Waals surface area contributed by atoms with E-state index in [1.54, 1.807) is 0 Å². The zero-order valence-corrected chi connectivity index (χ0v) is 11.3. The maximum absolute atomic E-state index is 11.0. The summed E-state index contributed by atoms with van der Waals surface area (Å²) in [6.45, 7) is 4.61. The first-order valence-electron chi connectivity index (χ1n) is 7.16. The molecule has 100 valence electrons. The quantitative estimate of drug-likeness (QED) is 0.709. The van der Waals surface area contributed by atoms with E-state index >= 15 is 0 Å². The van der Waals surface area contributed by atoms with E-state index in [-0.39, 0.29) is 6.54 Å². The number of carbonyl (C=O) groups is 1. The molecule has 0 aliphatic heterocycles. The molecule has 0 spiro atoms. The van der Waals surface area contributed by atoms with Crippen LogP contribution in [0.2, 0.25) is 0 Å². The molecule has 1 N–H and O–H groups in total. The van der Waals surface area contributed by atoms with Gasteiger partial charge in [0.2, 0.25) is 0 Å². The number of rotatable bonds is 8. The summed E-state index contributed by atoms with van der Waals surface area (Å²) in [4.78, 5) is 13.3. The fourth-order valence-corrected chi connectivity index (χ4v) is 3.09. The Morgan fingerprint density at radius 1 is 1.24 bits per heavy atom. The topological polar surface area (TPSA) is 40.5 Å². The van der Waals surface area contributed by atoms with E-state index in [1.807, 2.05) is 0 Å². The zero-order chi connectivity index (χ0) is 12.7. The predicted molar refractivity (Wildman–Crippen MR) is 70.2 cm³/mol. The number of carboxylic acid groups (broad SMARTS) is 1. The molecule has 1 saturated carbocycles. The highest BCUT2D eigenvalue weighted by Crippen LogP contribution is 2.27. The minimum Gasteiger partial charge on any atom is -0.480 e. The van der Waals surface area contributed by atoms with Crippen molar-refractivity contribution < 1.29 is 9.90 Å². The third-order valence-corrected chi connectivity index (χ3v) is 3.82. The van der Waals surface area contributed by atoms with Crippen molar-refractivity contribution in [2.45, 2.75) is 77.3 Å². The van der Waals surface area contributed by atoms with Crippen molar-refractivity contribution in [2.24, 2.45) is 0 Å². The molecule has 3 nitrogen and oxygen atoms in total. The SMILES string of the molecule is CCCC(CCC)N(CC(=O)O)C1CCCC1. The smallest absolute Gasteiger partial charge is 0.317 e. The van der Waals surface area contributed by atoms with Gasteiger partial charge in [0, 0.05) is 12.1 Å². The summed E-state index contributed by atoms with van der Waals surface area (Å²) in [6, 6.07) is 0.999. The van der Waals surface area contributed by atoms with Crippen molar-refractivity contribution in [3.05, 3.63) is 0 Å². The molecule has 0 atom stereocenters. The predicted octanol–water partition coefficient (Wildman–Crippen LogP) is 3.28. The molecular weight excluding hydrogens is 214 g/mol. The Morgan fingerprint density at radius 3 is 2.18 bits per heavy atom. The average molecular weight is 241 g/mol. The average Bonchev–Trinajstić information content (AvgIpc) is 2.78. The number of hydrogen-bond acceptors (Lipinski definition) is 2. The summed E-state index contributed by atoms with van der Waals surface area (Å²) in [5.41, 5.74) is 0. The lowest BCUT2D eigenvalue weighted by molar-refractivity contribution is -0.139. The monoisotopic (exact) mass is 241 g/mol.